The van der Waals surface area contributed by atoms with Crippen molar-refractivity contribution in [3.05, 3.63) is 40.6 Å². The summed E-state index contributed by atoms with van der Waals surface area (Å²) in [5.74, 6) is -0.236. The average molecular weight is 326 g/mol. The van der Waals surface area contributed by atoms with E-state index in [1.54, 1.807) is 11.6 Å². The van der Waals surface area contributed by atoms with Gasteiger partial charge in [0.2, 0.25) is 10.7 Å². The van der Waals surface area contributed by atoms with Crippen LogP contribution in [0.4, 0.5) is 5.69 Å². The number of rotatable bonds is 4. The summed E-state index contributed by atoms with van der Waals surface area (Å²) >= 11 is 1.14. The van der Waals surface area contributed by atoms with Gasteiger partial charge in [-0.3, -0.25) is 4.79 Å². The van der Waals surface area contributed by atoms with Crippen molar-refractivity contribution in [1.82, 2.24) is 9.88 Å². The number of aromatic nitrogens is 1. The number of nitrogens with two attached hydrogens (primary N) is 1. The summed E-state index contributed by atoms with van der Waals surface area (Å²) in [7, 11) is -2.33. The van der Waals surface area contributed by atoms with Crippen LogP contribution in [0.5, 0.6) is 0 Å². The number of hydrogen-bond donors (Lipinski definition) is 2. The second-order valence-corrected chi connectivity index (χ2v) is 6.60. The molecule has 0 aliphatic carbocycles. The van der Waals surface area contributed by atoms with Gasteiger partial charge in [-0.05, 0) is 24.3 Å². The van der Waals surface area contributed by atoms with Crippen LogP contribution in [-0.4, -0.2) is 25.9 Å². The van der Waals surface area contributed by atoms with E-state index in [1.807, 2.05) is 0 Å². The molecule has 0 spiro atoms. The number of carbonyl (C=O) groups excluding carboxylic acids is 1. The quantitative estimate of drug-likeness (QED) is 0.781. The highest BCUT2D eigenvalue weighted by atomic mass is 32.2. The highest BCUT2D eigenvalue weighted by Gasteiger charge is 2.13. The van der Waals surface area contributed by atoms with Gasteiger partial charge in [-0.15, -0.1) is 15.7 Å². The van der Waals surface area contributed by atoms with E-state index in [1.165, 1.54) is 35.9 Å². The molecule has 0 saturated heterocycles. The topological polar surface area (TPSA) is 107 Å². The van der Waals surface area contributed by atoms with Crippen LogP contribution in [0.15, 0.2) is 45.1 Å². The number of nitrogens with zero attached hydrogens (tertiary/aromatic N) is 2. The molecule has 0 bridgehead atoms. The number of benzene rings is 1. The summed E-state index contributed by atoms with van der Waals surface area (Å²) in [6.45, 7) is 0.0100. The van der Waals surface area contributed by atoms with Crippen molar-refractivity contribution in [3.8, 4) is 0 Å². The molecule has 0 fully saturated rings. The molecule has 0 aliphatic heterocycles. The second-order valence-electron chi connectivity index (χ2n) is 4.12. The molecule has 0 saturated carbocycles. The first-order chi connectivity index (χ1) is 9.92. The van der Waals surface area contributed by atoms with E-state index in [0.717, 1.165) is 11.3 Å². The number of hydrogen-bond acceptors (Lipinski definition) is 5. The smallest absolute Gasteiger partial charge is 0.285 e. The molecule has 1 amide bonds. The van der Waals surface area contributed by atoms with Crippen molar-refractivity contribution in [2.75, 3.05) is 12.8 Å². The molecule has 2 aromatic rings. The van der Waals surface area contributed by atoms with E-state index < -0.39 is 10.0 Å². The minimum atomic E-state index is -3.84. The molecule has 1 aromatic heterocycles. The van der Waals surface area contributed by atoms with Gasteiger partial charge in [-0.2, -0.15) is 8.42 Å². The second kappa shape index (κ2) is 6.10. The van der Waals surface area contributed by atoms with Crippen LogP contribution in [0.25, 0.3) is 0 Å². The van der Waals surface area contributed by atoms with Gasteiger partial charge in [0.1, 0.15) is 6.54 Å². The fourth-order valence-corrected chi connectivity index (χ4v) is 3.47. The Balaban J connectivity index is 2.41. The molecular formula is C12H14N4O3S2. The molecule has 3 N–H and O–H groups in total. The molecular weight excluding hydrogens is 312 g/mol. The maximum atomic E-state index is 12.2. The van der Waals surface area contributed by atoms with Gasteiger partial charge in [0.05, 0.1) is 4.90 Å². The summed E-state index contributed by atoms with van der Waals surface area (Å²) in [6.07, 6.45) is 1.61. The van der Waals surface area contributed by atoms with E-state index in [9.17, 15) is 13.2 Å². The highest BCUT2D eigenvalue weighted by Crippen LogP contribution is 2.13. The average Bonchev–Trinajstić information content (AvgIpc) is 2.85. The molecule has 21 heavy (non-hydrogen) atoms. The Morgan fingerprint density at radius 1 is 1.38 bits per heavy atom. The zero-order valence-electron chi connectivity index (χ0n) is 11.2. The van der Waals surface area contributed by atoms with E-state index in [2.05, 4.69) is 9.71 Å². The summed E-state index contributed by atoms with van der Waals surface area (Å²) in [6, 6.07) is 5.78. The van der Waals surface area contributed by atoms with Gasteiger partial charge in [-0.25, -0.2) is 0 Å². The fourth-order valence-electron chi connectivity index (χ4n) is 1.52. The minimum Gasteiger partial charge on any atom is -0.399 e. The molecule has 0 atom stereocenters. The molecule has 1 aromatic carbocycles. The van der Waals surface area contributed by atoms with Crippen molar-refractivity contribution >= 4 is 33.0 Å². The number of carbonyl (C=O) groups is 1. The number of nitrogens with one attached hydrogen (secondary N) is 1. The van der Waals surface area contributed by atoms with Gasteiger partial charge >= 0.3 is 0 Å². The number of amides is 1. The molecule has 112 valence electrons. The predicted molar refractivity (Wildman–Crippen MR) is 80.0 cm³/mol. The third-order valence-corrected chi connectivity index (χ3v) is 4.82. The Morgan fingerprint density at radius 3 is 2.67 bits per heavy atom. The number of anilines is 1. The van der Waals surface area contributed by atoms with Crippen molar-refractivity contribution in [2.24, 2.45) is 4.40 Å². The summed E-state index contributed by atoms with van der Waals surface area (Å²) in [4.78, 5) is 11.7. The van der Waals surface area contributed by atoms with Crippen LogP contribution >= 0.6 is 11.3 Å². The third-order valence-electron chi connectivity index (χ3n) is 2.63. The molecule has 1 heterocycles. The Hall–Kier alpha value is -2.13. The van der Waals surface area contributed by atoms with E-state index in [-0.39, 0.29) is 22.1 Å². The van der Waals surface area contributed by atoms with Crippen LogP contribution in [0.2, 0.25) is 0 Å². The van der Waals surface area contributed by atoms with Gasteiger partial charge < -0.3 is 15.6 Å². The van der Waals surface area contributed by atoms with Gasteiger partial charge in [-0.1, -0.05) is 0 Å². The Labute approximate surface area is 125 Å². The van der Waals surface area contributed by atoms with E-state index >= 15 is 0 Å². The summed E-state index contributed by atoms with van der Waals surface area (Å²) in [5.41, 5.74) is 6.00. The summed E-state index contributed by atoms with van der Waals surface area (Å²) < 4.78 is 29.6. The lowest BCUT2D eigenvalue weighted by Gasteiger charge is -2.02. The number of likely N-dealkylation sites (N-methyl/N-ethyl adjacent to an activating group) is 1. The molecule has 0 radical (unpaired) electrons. The fraction of sp³-hybridized carbons (Fsp3) is 0.167. The van der Waals surface area contributed by atoms with Crippen molar-refractivity contribution in [1.29, 1.82) is 0 Å². The standard InChI is InChI=1S/C12H14N4O3S2/c1-14-11(17)8-16-6-7-20-12(16)15-21(18,19)10-4-2-9(13)3-5-10/h2-7H,8,13H2,1H3,(H,14,17)/b15-12+. The largest absolute Gasteiger partial charge is 0.399 e. The monoisotopic (exact) mass is 326 g/mol. The van der Waals surface area contributed by atoms with Crippen molar-refractivity contribution in [3.63, 3.8) is 0 Å². The minimum absolute atomic E-state index is 0.0100. The normalized spacial score (nSPS) is 12.3. The molecule has 0 unspecified atom stereocenters. The van der Waals surface area contributed by atoms with Crippen LogP contribution in [0.3, 0.4) is 0 Å². The first-order valence-corrected chi connectivity index (χ1v) is 8.25. The Bertz CT molecular complexity index is 804. The van der Waals surface area contributed by atoms with Crippen LogP contribution < -0.4 is 15.9 Å². The number of nitrogen functional groups attached to an aromatic ring is 1. The SMILES string of the molecule is CNC(=O)Cn1ccs/c1=N/S(=O)(=O)c1ccc(N)cc1. The Kier molecular flexibility index (Phi) is 4.43. The Morgan fingerprint density at radius 2 is 2.05 bits per heavy atom. The first-order valence-electron chi connectivity index (χ1n) is 5.93. The van der Waals surface area contributed by atoms with Gasteiger partial charge in [0.25, 0.3) is 10.0 Å². The van der Waals surface area contributed by atoms with E-state index in [4.69, 9.17) is 5.73 Å². The summed E-state index contributed by atoms with van der Waals surface area (Å²) in [5, 5.41) is 4.14. The number of thiazole rings is 1. The maximum absolute atomic E-state index is 12.2. The van der Waals surface area contributed by atoms with Crippen LogP contribution in [0.1, 0.15) is 0 Å². The highest BCUT2D eigenvalue weighted by molar-refractivity contribution is 7.90. The van der Waals surface area contributed by atoms with Crippen LogP contribution in [0, 0.1) is 0 Å². The molecule has 9 heteroatoms. The predicted octanol–water partition coefficient (Wildman–Crippen LogP) is 0.167. The zero-order chi connectivity index (χ0) is 15.5. The van der Waals surface area contributed by atoms with Crippen molar-refractivity contribution < 1.29 is 13.2 Å². The lowest BCUT2D eigenvalue weighted by Crippen LogP contribution is -2.28. The van der Waals surface area contributed by atoms with Crippen molar-refractivity contribution in [2.45, 2.75) is 11.4 Å². The first kappa shape index (κ1) is 15.3. The lowest BCUT2D eigenvalue weighted by atomic mass is 10.3. The molecule has 0 aliphatic rings. The zero-order valence-corrected chi connectivity index (χ0v) is 12.8. The van der Waals surface area contributed by atoms with Crippen LogP contribution in [-0.2, 0) is 21.4 Å². The molecule has 2 rings (SSSR count). The lowest BCUT2D eigenvalue weighted by molar-refractivity contribution is -0.121. The van der Waals surface area contributed by atoms with Gasteiger partial charge in [0.15, 0.2) is 0 Å². The van der Waals surface area contributed by atoms with Gasteiger partial charge in [0, 0.05) is 24.3 Å². The number of sulfonamides is 1. The maximum Gasteiger partial charge on any atom is 0.285 e. The molecule has 7 nitrogen and oxygen atoms in total. The third kappa shape index (κ3) is 3.70. The van der Waals surface area contributed by atoms with E-state index in [0.29, 0.717) is 5.69 Å².